The predicted molar refractivity (Wildman–Crippen MR) is 156 cm³/mol. The second-order valence-corrected chi connectivity index (χ2v) is 11.0. The average Bonchev–Trinajstić information content (AvgIpc) is 3.33. The summed E-state index contributed by atoms with van der Waals surface area (Å²) in [5.74, 6) is -0.131. The highest BCUT2D eigenvalue weighted by molar-refractivity contribution is 5.92. The zero-order chi connectivity index (χ0) is 29.5. The summed E-state index contributed by atoms with van der Waals surface area (Å²) in [4.78, 5) is 23.7. The molecule has 3 aromatic carbocycles. The van der Waals surface area contributed by atoms with E-state index >= 15 is 0 Å². The number of carboxylic acids is 1. The number of nitrogens with zero attached hydrogens (tertiary/aromatic N) is 5. The van der Waals surface area contributed by atoms with E-state index in [4.69, 9.17) is 24.7 Å². The summed E-state index contributed by atoms with van der Waals surface area (Å²) in [6.45, 7) is 3.55. The van der Waals surface area contributed by atoms with Crippen LogP contribution >= 0.6 is 0 Å². The number of hydrogen-bond donors (Lipinski definition) is 1. The van der Waals surface area contributed by atoms with Crippen molar-refractivity contribution in [1.82, 2.24) is 19.4 Å². The summed E-state index contributed by atoms with van der Waals surface area (Å²) in [7, 11) is 0. The molecule has 2 aliphatic heterocycles. The molecule has 1 saturated heterocycles. The van der Waals surface area contributed by atoms with E-state index in [1.807, 2.05) is 12.1 Å². The Bertz CT molecular complexity index is 1930. The topological polar surface area (TPSA) is 114 Å². The van der Waals surface area contributed by atoms with Crippen molar-refractivity contribution in [3.63, 3.8) is 0 Å². The Morgan fingerprint density at radius 1 is 1.14 bits per heavy atom. The second kappa shape index (κ2) is 11.1. The van der Waals surface area contributed by atoms with Gasteiger partial charge < -0.3 is 19.1 Å². The molecule has 2 aliphatic rings. The highest BCUT2D eigenvalue weighted by Gasteiger charge is 2.25. The summed E-state index contributed by atoms with van der Waals surface area (Å²) in [6.07, 6.45) is 1.87. The SMILES string of the molecule is N#Cc1ccc(COc2ccc3ccc4c(c3n2)CCN(Cc2nc3ccc(C(=O)O)cc3n2C[C@@H]2CCO2)C4)c(F)c1. The van der Waals surface area contributed by atoms with Gasteiger partial charge in [-0.3, -0.25) is 4.90 Å². The third-order valence-corrected chi connectivity index (χ3v) is 8.29. The first kappa shape index (κ1) is 27.0. The minimum atomic E-state index is -0.959. The van der Waals surface area contributed by atoms with Gasteiger partial charge >= 0.3 is 5.97 Å². The fraction of sp³-hybridized carbons (Fsp3) is 0.273. The van der Waals surface area contributed by atoms with Crippen LogP contribution in [0.15, 0.2) is 60.7 Å². The Morgan fingerprint density at radius 3 is 2.77 bits per heavy atom. The van der Waals surface area contributed by atoms with Crippen LogP contribution in [0.5, 0.6) is 5.88 Å². The molecule has 0 spiro atoms. The van der Waals surface area contributed by atoms with Gasteiger partial charge in [-0.05, 0) is 60.4 Å². The van der Waals surface area contributed by atoms with Crippen molar-refractivity contribution in [2.75, 3.05) is 13.2 Å². The molecule has 2 aromatic heterocycles. The van der Waals surface area contributed by atoms with Gasteiger partial charge in [0.15, 0.2) is 0 Å². The number of aromatic nitrogens is 3. The molecule has 4 heterocycles. The number of carbonyl (C=O) groups is 1. The molecule has 5 aromatic rings. The van der Waals surface area contributed by atoms with Crippen molar-refractivity contribution in [3.8, 4) is 11.9 Å². The summed E-state index contributed by atoms with van der Waals surface area (Å²) < 4.78 is 28.0. The van der Waals surface area contributed by atoms with E-state index < -0.39 is 11.8 Å². The van der Waals surface area contributed by atoms with Crippen LogP contribution in [0.2, 0.25) is 0 Å². The zero-order valence-corrected chi connectivity index (χ0v) is 23.3. The molecule has 0 saturated carbocycles. The van der Waals surface area contributed by atoms with Gasteiger partial charge in [-0.1, -0.05) is 18.2 Å². The van der Waals surface area contributed by atoms with Gasteiger partial charge in [-0.2, -0.15) is 5.26 Å². The van der Waals surface area contributed by atoms with E-state index in [1.165, 1.54) is 17.2 Å². The van der Waals surface area contributed by atoms with Crippen LogP contribution in [0.25, 0.3) is 21.9 Å². The lowest BCUT2D eigenvalue weighted by atomic mass is 9.96. The minimum Gasteiger partial charge on any atom is -0.478 e. The van der Waals surface area contributed by atoms with Crippen molar-refractivity contribution in [3.05, 3.63) is 100 Å². The Balaban J connectivity index is 1.12. The Kier molecular flexibility index (Phi) is 6.97. The number of rotatable bonds is 8. The van der Waals surface area contributed by atoms with Crippen LogP contribution in [-0.4, -0.2) is 49.8 Å². The Hall–Kier alpha value is -4.85. The molecule has 9 nitrogen and oxygen atoms in total. The number of imidazole rings is 1. The summed E-state index contributed by atoms with van der Waals surface area (Å²) in [5.41, 5.74) is 5.69. The largest absolute Gasteiger partial charge is 0.478 e. The molecular formula is C33H28FN5O4. The number of ether oxygens (including phenoxy) is 2. The Morgan fingerprint density at radius 2 is 2.00 bits per heavy atom. The van der Waals surface area contributed by atoms with Crippen LogP contribution in [0.3, 0.4) is 0 Å². The van der Waals surface area contributed by atoms with E-state index in [-0.39, 0.29) is 23.8 Å². The number of nitriles is 1. The van der Waals surface area contributed by atoms with Crippen LogP contribution in [-0.2, 0) is 37.4 Å². The van der Waals surface area contributed by atoms with Crippen LogP contribution in [0.4, 0.5) is 4.39 Å². The minimum absolute atomic E-state index is 0.0136. The van der Waals surface area contributed by atoms with E-state index in [9.17, 15) is 14.3 Å². The molecule has 0 radical (unpaired) electrons. The molecule has 10 heteroatoms. The van der Waals surface area contributed by atoms with Crippen molar-refractivity contribution in [2.45, 2.75) is 45.2 Å². The van der Waals surface area contributed by atoms with Crippen molar-refractivity contribution in [1.29, 1.82) is 5.26 Å². The maximum absolute atomic E-state index is 14.3. The van der Waals surface area contributed by atoms with Gasteiger partial charge in [-0.25, -0.2) is 19.2 Å². The summed E-state index contributed by atoms with van der Waals surface area (Å²) in [6, 6.07) is 19.3. The molecular weight excluding hydrogens is 549 g/mol. The first-order valence-electron chi connectivity index (χ1n) is 14.2. The monoisotopic (exact) mass is 577 g/mol. The molecule has 1 fully saturated rings. The molecule has 43 heavy (non-hydrogen) atoms. The molecule has 7 rings (SSSR count). The van der Waals surface area contributed by atoms with E-state index in [0.717, 1.165) is 60.3 Å². The van der Waals surface area contributed by atoms with E-state index in [1.54, 1.807) is 36.4 Å². The van der Waals surface area contributed by atoms with Crippen LogP contribution in [0.1, 0.15) is 44.9 Å². The Labute approximate surface area is 246 Å². The van der Waals surface area contributed by atoms with Gasteiger partial charge in [0.05, 0.1) is 52.9 Å². The number of hydrogen-bond acceptors (Lipinski definition) is 7. The maximum atomic E-state index is 14.3. The lowest BCUT2D eigenvalue weighted by Gasteiger charge is -2.31. The predicted octanol–water partition coefficient (Wildman–Crippen LogP) is 5.22. The first-order valence-corrected chi connectivity index (χ1v) is 14.2. The maximum Gasteiger partial charge on any atom is 0.335 e. The van der Waals surface area contributed by atoms with Gasteiger partial charge in [0, 0.05) is 36.7 Å². The molecule has 0 bridgehead atoms. The second-order valence-electron chi connectivity index (χ2n) is 11.0. The molecule has 1 N–H and O–H groups in total. The summed E-state index contributed by atoms with van der Waals surface area (Å²) >= 11 is 0. The molecule has 216 valence electrons. The van der Waals surface area contributed by atoms with E-state index in [0.29, 0.717) is 24.5 Å². The standard InChI is InChI=1S/C33H28FN5O4/c34-27-13-20(15-35)1-2-24(27)19-43-31-8-6-21-3-4-23-16-38(11-9-26(23)32(21)37-31)18-30-36-28-7-5-22(33(40)41)14-29(28)39(30)17-25-10-12-42-25/h1-8,13-14,25H,9-12,16-19H2,(H,40,41)/t25-/m0/s1. The van der Waals surface area contributed by atoms with Crippen molar-refractivity contribution < 1.29 is 23.8 Å². The number of aromatic carboxylic acids is 1. The average molecular weight is 578 g/mol. The molecule has 0 unspecified atom stereocenters. The first-order chi connectivity index (χ1) is 20.9. The number of benzene rings is 3. The number of halogens is 1. The fourth-order valence-electron chi connectivity index (χ4n) is 5.85. The van der Waals surface area contributed by atoms with Gasteiger partial charge in [-0.15, -0.1) is 0 Å². The van der Waals surface area contributed by atoms with Crippen molar-refractivity contribution in [2.24, 2.45) is 0 Å². The van der Waals surface area contributed by atoms with Crippen molar-refractivity contribution >= 4 is 27.9 Å². The lowest BCUT2D eigenvalue weighted by molar-refractivity contribution is -0.0592. The smallest absolute Gasteiger partial charge is 0.335 e. The van der Waals surface area contributed by atoms with Crippen LogP contribution < -0.4 is 4.74 Å². The zero-order valence-electron chi connectivity index (χ0n) is 23.3. The fourth-order valence-corrected chi connectivity index (χ4v) is 5.85. The van der Waals surface area contributed by atoms with Gasteiger partial charge in [0.2, 0.25) is 5.88 Å². The normalized spacial score (nSPS) is 16.5. The molecule has 0 aliphatic carbocycles. The highest BCUT2D eigenvalue weighted by atomic mass is 19.1. The number of fused-ring (bicyclic) bond motifs is 4. The third kappa shape index (κ3) is 5.29. The molecule has 0 amide bonds. The highest BCUT2D eigenvalue weighted by Crippen LogP contribution is 2.30. The van der Waals surface area contributed by atoms with E-state index in [2.05, 4.69) is 21.6 Å². The lowest BCUT2D eigenvalue weighted by Crippen LogP contribution is -2.34. The van der Waals surface area contributed by atoms with Crippen LogP contribution in [0, 0.1) is 17.1 Å². The van der Waals surface area contributed by atoms with Gasteiger partial charge in [0.1, 0.15) is 18.2 Å². The number of pyridine rings is 1. The third-order valence-electron chi connectivity index (χ3n) is 8.29. The molecule has 1 atom stereocenters. The quantitative estimate of drug-likeness (QED) is 0.267. The van der Waals surface area contributed by atoms with Gasteiger partial charge in [0.25, 0.3) is 0 Å². The number of carboxylic acid groups (broad SMARTS) is 1. The summed E-state index contributed by atoms with van der Waals surface area (Å²) in [5, 5.41) is 19.5.